The van der Waals surface area contributed by atoms with Gasteiger partial charge in [-0.3, -0.25) is 10.2 Å². The number of nitrogens with one attached hydrogen (secondary N) is 1. The fourth-order valence-electron chi connectivity index (χ4n) is 2.86. The number of rotatable bonds is 1. The van der Waals surface area contributed by atoms with Gasteiger partial charge in [0.2, 0.25) is 0 Å². The molecule has 3 rings (SSSR count). The Labute approximate surface area is 126 Å². The fraction of sp³-hybridized carbons (Fsp3) is 0.500. The molecule has 1 aromatic carbocycles. The number of amidine groups is 1. The molecule has 5 heteroatoms. The molecule has 0 aromatic heterocycles. The second-order valence-corrected chi connectivity index (χ2v) is 5.82. The van der Waals surface area contributed by atoms with E-state index in [1.165, 1.54) is 25.1 Å². The van der Waals surface area contributed by atoms with Gasteiger partial charge in [-0.1, -0.05) is 0 Å². The van der Waals surface area contributed by atoms with Crippen molar-refractivity contribution in [2.24, 2.45) is 0 Å². The highest BCUT2D eigenvalue weighted by atomic mass is 15.3. The van der Waals surface area contributed by atoms with E-state index in [0.29, 0.717) is 0 Å². The molecule has 21 heavy (non-hydrogen) atoms. The van der Waals surface area contributed by atoms with Crippen LogP contribution in [0.5, 0.6) is 0 Å². The van der Waals surface area contributed by atoms with Crippen LogP contribution in [-0.2, 0) is 0 Å². The van der Waals surface area contributed by atoms with Gasteiger partial charge in [-0.25, -0.2) is 4.67 Å². The van der Waals surface area contributed by atoms with E-state index < -0.39 is 0 Å². The maximum atomic E-state index is 5.75. The van der Waals surface area contributed by atoms with Crippen LogP contribution >= 0.6 is 0 Å². The summed E-state index contributed by atoms with van der Waals surface area (Å²) in [4.78, 5) is 4.59. The Morgan fingerprint density at radius 3 is 2.43 bits per heavy atom. The van der Waals surface area contributed by atoms with E-state index in [2.05, 4.69) is 22.2 Å². The second kappa shape index (κ2) is 6.10. The lowest BCUT2D eigenvalue weighted by molar-refractivity contribution is 0.514. The molecule has 2 saturated heterocycles. The molecule has 1 aromatic rings. The highest BCUT2D eigenvalue weighted by molar-refractivity contribution is 5.97. The Hall–Kier alpha value is -2.13. The molecule has 0 amide bonds. The second-order valence-electron chi connectivity index (χ2n) is 5.82. The molecule has 112 valence electrons. The summed E-state index contributed by atoms with van der Waals surface area (Å²) in [6.45, 7) is 3.27. The van der Waals surface area contributed by atoms with Crippen LogP contribution in [0.2, 0.25) is 0 Å². The number of hydrogen-bond acceptors (Lipinski definition) is 1. The van der Waals surface area contributed by atoms with Crippen LogP contribution in [0, 0.1) is 0 Å². The number of benzene rings is 1. The van der Waals surface area contributed by atoms with Crippen LogP contribution in [0.15, 0.2) is 24.3 Å². The minimum atomic E-state index is 0.783. The van der Waals surface area contributed by atoms with Crippen LogP contribution in [0.1, 0.15) is 25.7 Å². The van der Waals surface area contributed by atoms with Gasteiger partial charge in [0.05, 0.1) is 25.3 Å². The van der Waals surface area contributed by atoms with Crippen molar-refractivity contribution in [2.75, 3.05) is 37.7 Å². The van der Waals surface area contributed by atoms with Crippen molar-refractivity contribution in [3.8, 4) is 0 Å². The quantitative estimate of drug-likeness (QED) is 0.354. The van der Waals surface area contributed by atoms with Gasteiger partial charge in [-0.15, -0.1) is 0 Å². The van der Waals surface area contributed by atoms with Gasteiger partial charge in [0.15, 0.2) is 0 Å². The molecule has 0 saturated carbocycles. The summed E-state index contributed by atoms with van der Waals surface area (Å²) in [5.41, 5.74) is 7.57. The topological polar surface area (TPSA) is 58.6 Å². The molecule has 0 spiro atoms. The highest BCUT2D eigenvalue weighted by Crippen LogP contribution is 2.13. The van der Waals surface area contributed by atoms with Crippen LogP contribution in [0.3, 0.4) is 0 Å². The van der Waals surface area contributed by atoms with Gasteiger partial charge in [0.25, 0.3) is 5.84 Å². The van der Waals surface area contributed by atoms with Gasteiger partial charge in [-0.2, -0.15) is 0 Å². The molecule has 5 nitrogen and oxygen atoms in total. The van der Waals surface area contributed by atoms with Gasteiger partial charge >= 0.3 is 5.96 Å². The van der Waals surface area contributed by atoms with E-state index in [9.17, 15) is 0 Å². The molecule has 0 aliphatic carbocycles. The lowest BCUT2D eigenvalue weighted by Gasteiger charge is -2.13. The Morgan fingerprint density at radius 1 is 1.10 bits per heavy atom. The maximum Gasteiger partial charge on any atom is 0.401 e. The summed E-state index contributed by atoms with van der Waals surface area (Å²) in [7, 11) is 2.12. The average Bonchev–Trinajstić information content (AvgIpc) is 3.13. The molecular weight excluding hydrogens is 262 g/mol. The predicted molar refractivity (Wildman–Crippen MR) is 89.3 cm³/mol. The molecule has 0 unspecified atom stereocenters. The van der Waals surface area contributed by atoms with Gasteiger partial charge in [-0.05, 0) is 43.5 Å². The SMILES string of the molecule is CN1CCCC1=[N+]=C(Nc1ccc(N)cc1)N1CCCC1. The van der Waals surface area contributed by atoms with E-state index in [1.54, 1.807) is 0 Å². The zero-order valence-corrected chi connectivity index (χ0v) is 12.7. The molecule has 2 aliphatic rings. The summed E-state index contributed by atoms with van der Waals surface area (Å²) in [6, 6.07) is 7.84. The summed E-state index contributed by atoms with van der Waals surface area (Å²) >= 11 is 0. The van der Waals surface area contributed by atoms with E-state index in [4.69, 9.17) is 10.4 Å². The van der Waals surface area contributed by atoms with Crippen molar-refractivity contribution in [3.63, 3.8) is 0 Å². The number of nitrogens with zero attached hydrogens (tertiary/aromatic N) is 3. The number of anilines is 2. The van der Waals surface area contributed by atoms with Gasteiger partial charge < -0.3 is 10.6 Å². The number of nitrogens with two attached hydrogens (primary N) is 1. The summed E-state index contributed by atoms with van der Waals surface area (Å²) in [5, 5.41) is 3.47. The van der Waals surface area contributed by atoms with Crippen molar-refractivity contribution in [1.29, 1.82) is 0 Å². The number of hydrogen-bond donors (Lipinski definition) is 2. The lowest BCUT2D eigenvalue weighted by atomic mass is 10.3. The molecular formula is C16H24N5+. The molecule has 0 atom stereocenters. The van der Waals surface area contributed by atoms with Crippen LogP contribution in [0.25, 0.3) is 0 Å². The van der Waals surface area contributed by atoms with Crippen molar-refractivity contribution in [1.82, 2.24) is 14.5 Å². The van der Waals surface area contributed by atoms with Crippen LogP contribution in [0.4, 0.5) is 11.4 Å². The average molecular weight is 286 g/mol. The lowest BCUT2D eigenvalue weighted by Crippen LogP contribution is -2.38. The minimum Gasteiger partial charge on any atom is -0.399 e. The standard InChI is InChI=1S/C16H23N5/c1-20-10-4-5-15(20)19-16(21-11-2-3-12-21)18-14-8-6-13(17)7-9-14/h6-9H,2-5,10-12,17H2,1H3/p+1. The maximum absolute atomic E-state index is 5.75. The third kappa shape index (κ3) is 3.31. The largest absolute Gasteiger partial charge is 0.401 e. The summed E-state index contributed by atoms with van der Waals surface area (Å²) in [5.74, 6) is 2.15. The van der Waals surface area contributed by atoms with E-state index in [0.717, 1.165) is 43.4 Å². The zero-order chi connectivity index (χ0) is 14.7. The number of nitrogen functional groups attached to an aromatic ring is 1. The van der Waals surface area contributed by atoms with E-state index in [-0.39, 0.29) is 0 Å². The summed E-state index contributed by atoms with van der Waals surface area (Å²) < 4.78 is 4.90. The molecule has 3 N–H and O–H groups in total. The zero-order valence-electron chi connectivity index (χ0n) is 12.7. The molecule has 2 aliphatic heterocycles. The first kappa shape index (κ1) is 13.8. The fourth-order valence-corrected chi connectivity index (χ4v) is 2.86. The first-order chi connectivity index (χ1) is 10.2. The Bertz CT molecular complexity index is 551. The molecule has 0 bridgehead atoms. The predicted octanol–water partition coefficient (Wildman–Crippen LogP) is 1.32. The van der Waals surface area contributed by atoms with Crippen LogP contribution in [-0.4, -0.2) is 48.3 Å². The summed E-state index contributed by atoms with van der Waals surface area (Å²) in [6.07, 6.45) is 4.75. The highest BCUT2D eigenvalue weighted by Gasteiger charge is 2.25. The van der Waals surface area contributed by atoms with Crippen LogP contribution < -0.4 is 15.7 Å². The monoisotopic (exact) mass is 286 g/mol. The number of likely N-dealkylation sites (tertiary alicyclic amines) is 2. The molecule has 0 radical (unpaired) electrons. The van der Waals surface area contributed by atoms with Crippen molar-refractivity contribution in [3.05, 3.63) is 24.3 Å². The Balaban J connectivity index is 1.89. The Kier molecular flexibility index (Phi) is 4.02. The third-order valence-corrected chi connectivity index (χ3v) is 4.14. The van der Waals surface area contributed by atoms with Crippen molar-refractivity contribution >= 4 is 23.2 Å². The first-order valence-corrected chi connectivity index (χ1v) is 7.75. The number of guanidine groups is 1. The molecule has 2 heterocycles. The van der Waals surface area contributed by atoms with Gasteiger partial charge in [0.1, 0.15) is 0 Å². The molecule has 2 fully saturated rings. The smallest absolute Gasteiger partial charge is 0.399 e. The van der Waals surface area contributed by atoms with Crippen molar-refractivity contribution in [2.45, 2.75) is 25.7 Å². The first-order valence-electron chi connectivity index (χ1n) is 7.75. The minimum absolute atomic E-state index is 0.783. The van der Waals surface area contributed by atoms with Gasteiger partial charge in [0, 0.05) is 19.2 Å². The van der Waals surface area contributed by atoms with E-state index in [1.807, 2.05) is 24.3 Å². The van der Waals surface area contributed by atoms with E-state index >= 15 is 0 Å². The normalized spacial score (nSPS) is 18.0. The third-order valence-electron chi connectivity index (χ3n) is 4.14. The van der Waals surface area contributed by atoms with Crippen molar-refractivity contribution < 1.29 is 0 Å². The Morgan fingerprint density at radius 2 is 1.81 bits per heavy atom.